The average molecular weight is 272 g/mol. The molecule has 1 aromatic heterocycles. The number of piperidine rings is 1. The molecule has 2 rings (SSSR count). The van der Waals surface area contributed by atoms with Crippen LogP contribution in [0.3, 0.4) is 0 Å². The van der Waals surface area contributed by atoms with E-state index in [4.69, 9.17) is 5.73 Å². The second-order valence-corrected chi connectivity index (χ2v) is 4.83. The van der Waals surface area contributed by atoms with E-state index in [1.807, 2.05) is 0 Å². The van der Waals surface area contributed by atoms with Gasteiger partial charge >= 0.3 is 0 Å². The Morgan fingerprint density at radius 3 is 2.63 bits per heavy atom. The Morgan fingerprint density at radius 2 is 2.05 bits per heavy atom. The van der Waals surface area contributed by atoms with Crippen molar-refractivity contribution in [3.8, 4) is 0 Å². The predicted molar refractivity (Wildman–Crippen MR) is 67.2 cm³/mol. The Labute approximate surface area is 110 Å². The zero-order valence-corrected chi connectivity index (χ0v) is 10.8. The number of aliphatic hydroxyl groups is 1. The van der Waals surface area contributed by atoms with Crippen LogP contribution in [0.4, 0.5) is 14.7 Å². The highest BCUT2D eigenvalue weighted by Crippen LogP contribution is 2.29. The lowest BCUT2D eigenvalue weighted by molar-refractivity contribution is -0.0222. The average Bonchev–Trinajstić information content (AvgIpc) is 2.37. The fourth-order valence-electron chi connectivity index (χ4n) is 2.04. The summed E-state index contributed by atoms with van der Waals surface area (Å²) in [5, 5.41) is 9.71. The zero-order valence-electron chi connectivity index (χ0n) is 10.8. The number of nitrogens with zero attached hydrogens (tertiary/aromatic N) is 3. The molecule has 7 heteroatoms. The molecule has 3 N–H and O–H groups in total. The molecule has 106 valence electrons. The number of aromatic nitrogens is 2. The van der Waals surface area contributed by atoms with E-state index in [9.17, 15) is 13.9 Å². The monoisotopic (exact) mass is 272 g/mol. The number of rotatable bonds is 3. The van der Waals surface area contributed by atoms with Crippen molar-refractivity contribution in [2.24, 2.45) is 5.73 Å². The lowest BCUT2D eigenvalue weighted by Crippen LogP contribution is -2.40. The van der Waals surface area contributed by atoms with Gasteiger partial charge in [-0.25, -0.2) is 18.7 Å². The molecule has 1 fully saturated rings. The van der Waals surface area contributed by atoms with Gasteiger partial charge in [-0.15, -0.1) is 0 Å². The summed E-state index contributed by atoms with van der Waals surface area (Å²) in [6.45, 7) is 2.27. The first-order chi connectivity index (χ1) is 8.91. The molecule has 1 atom stereocenters. The molecule has 1 aliphatic heterocycles. The van der Waals surface area contributed by atoms with E-state index in [-0.39, 0.29) is 32.5 Å². The van der Waals surface area contributed by atoms with E-state index in [0.29, 0.717) is 17.3 Å². The molecule has 1 aliphatic rings. The predicted octanol–water partition coefficient (Wildman–Crippen LogP) is 1.01. The summed E-state index contributed by atoms with van der Waals surface area (Å²) < 4.78 is 26.2. The van der Waals surface area contributed by atoms with Crippen molar-refractivity contribution in [2.75, 3.05) is 24.5 Å². The standard InChI is InChI=1S/C12H18F2N4O/c1-8-6-9(10(19)7-15)17-11(16-8)18-4-2-12(13,14)3-5-18/h6,10,19H,2-5,7,15H2,1H3. The Morgan fingerprint density at radius 1 is 1.42 bits per heavy atom. The van der Waals surface area contributed by atoms with E-state index in [2.05, 4.69) is 9.97 Å². The molecule has 19 heavy (non-hydrogen) atoms. The molecule has 0 spiro atoms. The Hall–Kier alpha value is -1.34. The quantitative estimate of drug-likeness (QED) is 0.859. The van der Waals surface area contributed by atoms with Gasteiger partial charge in [-0.3, -0.25) is 0 Å². The van der Waals surface area contributed by atoms with E-state index in [0.717, 1.165) is 0 Å². The molecule has 0 bridgehead atoms. The van der Waals surface area contributed by atoms with Crippen LogP contribution < -0.4 is 10.6 Å². The van der Waals surface area contributed by atoms with Crippen LogP contribution in [0, 0.1) is 6.92 Å². The zero-order chi connectivity index (χ0) is 14.0. The van der Waals surface area contributed by atoms with E-state index >= 15 is 0 Å². The van der Waals surface area contributed by atoms with Gasteiger partial charge in [0.2, 0.25) is 5.95 Å². The van der Waals surface area contributed by atoms with Crippen molar-refractivity contribution in [1.29, 1.82) is 0 Å². The molecule has 1 unspecified atom stereocenters. The van der Waals surface area contributed by atoms with Crippen molar-refractivity contribution >= 4 is 5.95 Å². The van der Waals surface area contributed by atoms with E-state index < -0.39 is 12.0 Å². The van der Waals surface area contributed by atoms with Crippen molar-refractivity contribution in [1.82, 2.24) is 9.97 Å². The minimum atomic E-state index is -2.60. The number of aliphatic hydroxyl groups excluding tert-OH is 1. The summed E-state index contributed by atoms with van der Waals surface area (Å²) in [7, 11) is 0. The Kier molecular flexibility index (Phi) is 3.96. The van der Waals surface area contributed by atoms with Gasteiger partial charge in [-0.1, -0.05) is 0 Å². The molecule has 0 aromatic carbocycles. The molecule has 0 aliphatic carbocycles. The fraction of sp³-hybridized carbons (Fsp3) is 0.667. The maximum absolute atomic E-state index is 13.1. The van der Waals surface area contributed by atoms with Crippen LogP contribution in [-0.4, -0.2) is 40.6 Å². The van der Waals surface area contributed by atoms with Gasteiger partial charge in [-0.05, 0) is 13.0 Å². The summed E-state index contributed by atoms with van der Waals surface area (Å²) >= 11 is 0. The van der Waals surface area contributed by atoms with Crippen LogP contribution in [0.15, 0.2) is 6.07 Å². The Balaban J connectivity index is 2.19. The summed E-state index contributed by atoms with van der Waals surface area (Å²) in [6, 6.07) is 1.65. The van der Waals surface area contributed by atoms with Gasteiger partial charge < -0.3 is 15.7 Å². The molecular formula is C12H18F2N4O. The topological polar surface area (TPSA) is 75.3 Å². The second-order valence-electron chi connectivity index (χ2n) is 4.83. The number of hydrogen-bond acceptors (Lipinski definition) is 5. The fourth-order valence-corrected chi connectivity index (χ4v) is 2.04. The van der Waals surface area contributed by atoms with Gasteiger partial charge in [0, 0.05) is 38.2 Å². The SMILES string of the molecule is Cc1cc(C(O)CN)nc(N2CCC(F)(F)CC2)n1. The van der Waals surface area contributed by atoms with Crippen LogP contribution in [0.2, 0.25) is 0 Å². The van der Waals surface area contributed by atoms with Crippen molar-refractivity contribution in [3.63, 3.8) is 0 Å². The highest BCUT2D eigenvalue weighted by atomic mass is 19.3. The van der Waals surface area contributed by atoms with Crippen LogP contribution in [0.1, 0.15) is 30.3 Å². The van der Waals surface area contributed by atoms with Crippen LogP contribution >= 0.6 is 0 Å². The van der Waals surface area contributed by atoms with E-state index in [1.54, 1.807) is 17.9 Å². The number of hydrogen-bond donors (Lipinski definition) is 2. The molecule has 0 amide bonds. The van der Waals surface area contributed by atoms with Gasteiger partial charge in [0.15, 0.2) is 0 Å². The first kappa shape index (κ1) is 14.1. The largest absolute Gasteiger partial charge is 0.385 e. The minimum Gasteiger partial charge on any atom is -0.385 e. The summed E-state index contributed by atoms with van der Waals surface area (Å²) in [5.41, 5.74) is 6.51. The summed E-state index contributed by atoms with van der Waals surface area (Å²) in [4.78, 5) is 10.2. The van der Waals surface area contributed by atoms with Crippen LogP contribution in [0.25, 0.3) is 0 Å². The van der Waals surface area contributed by atoms with E-state index in [1.165, 1.54) is 0 Å². The summed E-state index contributed by atoms with van der Waals surface area (Å²) in [5.74, 6) is -2.21. The molecule has 1 aromatic rings. The third kappa shape index (κ3) is 3.36. The second kappa shape index (κ2) is 5.34. The lowest BCUT2D eigenvalue weighted by atomic mass is 10.1. The maximum Gasteiger partial charge on any atom is 0.251 e. The lowest BCUT2D eigenvalue weighted by Gasteiger charge is -2.32. The van der Waals surface area contributed by atoms with Gasteiger partial charge in [-0.2, -0.15) is 0 Å². The first-order valence-electron chi connectivity index (χ1n) is 6.28. The van der Waals surface area contributed by atoms with Crippen molar-refractivity contribution in [2.45, 2.75) is 31.8 Å². The van der Waals surface area contributed by atoms with Gasteiger partial charge in [0.25, 0.3) is 5.92 Å². The number of alkyl halides is 2. The van der Waals surface area contributed by atoms with Crippen LogP contribution in [0.5, 0.6) is 0 Å². The van der Waals surface area contributed by atoms with Crippen molar-refractivity contribution in [3.05, 3.63) is 17.5 Å². The van der Waals surface area contributed by atoms with Crippen LogP contribution in [-0.2, 0) is 0 Å². The number of aryl methyl sites for hydroxylation is 1. The Bertz CT molecular complexity index is 445. The normalized spacial score (nSPS) is 20.4. The maximum atomic E-state index is 13.1. The third-order valence-electron chi connectivity index (χ3n) is 3.20. The highest BCUT2D eigenvalue weighted by molar-refractivity contribution is 5.33. The number of nitrogens with two attached hydrogens (primary N) is 1. The third-order valence-corrected chi connectivity index (χ3v) is 3.20. The molecule has 2 heterocycles. The molecule has 1 saturated heterocycles. The summed E-state index contributed by atoms with van der Waals surface area (Å²) in [6.07, 6.45) is -1.25. The first-order valence-corrected chi connectivity index (χ1v) is 6.28. The number of anilines is 1. The van der Waals surface area contributed by atoms with Gasteiger partial charge in [0.05, 0.1) is 5.69 Å². The highest BCUT2D eigenvalue weighted by Gasteiger charge is 2.34. The molecule has 0 saturated carbocycles. The minimum absolute atomic E-state index is 0.0635. The molecule has 5 nitrogen and oxygen atoms in total. The number of halogens is 2. The van der Waals surface area contributed by atoms with Crippen molar-refractivity contribution < 1.29 is 13.9 Å². The molecular weight excluding hydrogens is 254 g/mol. The smallest absolute Gasteiger partial charge is 0.251 e. The molecule has 0 radical (unpaired) electrons. The van der Waals surface area contributed by atoms with Gasteiger partial charge in [0.1, 0.15) is 6.10 Å².